The van der Waals surface area contributed by atoms with Crippen molar-refractivity contribution in [2.45, 2.75) is 12.5 Å². The standard InChI is InChI=1S/C14H21N3O2/c1-19-7-6-16-14(18)10-17-9-12(15)8-11-4-2-3-5-13(11)17/h2-5,12H,6-10,15H2,1H3,(H,16,18). The molecule has 2 rings (SSSR count). The zero-order valence-electron chi connectivity index (χ0n) is 11.3. The number of carbonyl (C=O) groups excluding carboxylic acids is 1. The van der Waals surface area contributed by atoms with Crippen LogP contribution in [-0.2, 0) is 16.0 Å². The van der Waals surface area contributed by atoms with Crippen LogP contribution in [-0.4, -0.2) is 45.3 Å². The minimum absolute atomic E-state index is 0.000882. The van der Waals surface area contributed by atoms with Crippen molar-refractivity contribution in [2.75, 3.05) is 38.3 Å². The van der Waals surface area contributed by atoms with Crippen molar-refractivity contribution in [3.05, 3.63) is 29.8 Å². The molecule has 1 aliphatic heterocycles. The molecular weight excluding hydrogens is 242 g/mol. The first-order valence-corrected chi connectivity index (χ1v) is 6.54. The summed E-state index contributed by atoms with van der Waals surface area (Å²) in [4.78, 5) is 13.9. The molecule has 19 heavy (non-hydrogen) atoms. The van der Waals surface area contributed by atoms with Crippen LogP contribution in [0.1, 0.15) is 5.56 Å². The predicted octanol–water partition coefficient (Wildman–Crippen LogP) is 0.139. The molecule has 0 fully saturated rings. The Morgan fingerprint density at radius 1 is 1.53 bits per heavy atom. The summed E-state index contributed by atoms with van der Waals surface area (Å²) in [5, 5.41) is 2.83. The summed E-state index contributed by atoms with van der Waals surface area (Å²) in [6.07, 6.45) is 0.873. The van der Waals surface area contributed by atoms with Gasteiger partial charge in [0.2, 0.25) is 5.91 Å². The van der Waals surface area contributed by atoms with Crippen molar-refractivity contribution in [1.29, 1.82) is 0 Å². The molecule has 1 aliphatic rings. The number of para-hydroxylation sites is 1. The first-order valence-electron chi connectivity index (χ1n) is 6.54. The number of nitrogens with zero attached hydrogens (tertiary/aromatic N) is 1. The second-order valence-electron chi connectivity index (χ2n) is 4.82. The topological polar surface area (TPSA) is 67.6 Å². The van der Waals surface area contributed by atoms with Crippen LogP contribution < -0.4 is 16.0 Å². The Balaban J connectivity index is 1.98. The van der Waals surface area contributed by atoms with Crippen molar-refractivity contribution in [3.8, 4) is 0 Å². The number of nitrogens with two attached hydrogens (primary N) is 1. The zero-order chi connectivity index (χ0) is 13.7. The van der Waals surface area contributed by atoms with Gasteiger partial charge in [-0.25, -0.2) is 0 Å². The van der Waals surface area contributed by atoms with Crippen molar-refractivity contribution in [2.24, 2.45) is 5.73 Å². The molecule has 1 heterocycles. The van der Waals surface area contributed by atoms with E-state index < -0.39 is 0 Å². The maximum Gasteiger partial charge on any atom is 0.239 e. The van der Waals surface area contributed by atoms with Crippen LogP contribution in [0.3, 0.4) is 0 Å². The van der Waals surface area contributed by atoms with Crippen molar-refractivity contribution in [3.63, 3.8) is 0 Å². The minimum Gasteiger partial charge on any atom is -0.383 e. The number of amides is 1. The number of anilines is 1. The quantitative estimate of drug-likeness (QED) is 0.742. The van der Waals surface area contributed by atoms with Crippen LogP contribution >= 0.6 is 0 Å². The second-order valence-corrected chi connectivity index (χ2v) is 4.82. The van der Waals surface area contributed by atoms with Crippen LogP contribution in [0.4, 0.5) is 5.69 Å². The molecule has 5 nitrogen and oxygen atoms in total. The molecular formula is C14H21N3O2. The highest BCUT2D eigenvalue weighted by atomic mass is 16.5. The Bertz CT molecular complexity index is 436. The number of fused-ring (bicyclic) bond motifs is 1. The van der Waals surface area contributed by atoms with Crippen LogP contribution in [0, 0.1) is 0 Å². The van der Waals surface area contributed by atoms with Crippen LogP contribution in [0.15, 0.2) is 24.3 Å². The first-order chi connectivity index (χ1) is 9.20. The lowest BCUT2D eigenvalue weighted by molar-refractivity contribution is -0.120. The number of nitrogens with one attached hydrogen (secondary N) is 1. The van der Waals surface area contributed by atoms with Gasteiger partial charge in [0.05, 0.1) is 13.2 Å². The van der Waals surface area contributed by atoms with E-state index in [9.17, 15) is 4.79 Å². The molecule has 1 unspecified atom stereocenters. The highest BCUT2D eigenvalue weighted by Gasteiger charge is 2.22. The number of hydrogen-bond donors (Lipinski definition) is 2. The molecule has 0 aromatic heterocycles. The highest BCUT2D eigenvalue weighted by molar-refractivity contribution is 5.82. The molecule has 0 radical (unpaired) electrons. The van der Waals surface area contributed by atoms with E-state index in [1.165, 1.54) is 5.56 Å². The largest absolute Gasteiger partial charge is 0.383 e. The van der Waals surface area contributed by atoms with Gasteiger partial charge in [-0.3, -0.25) is 4.79 Å². The Hall–Kier alpha value is -1.59. The van der Waals surface area contributed by atoms with Crippen LogP contribution in [0.5, 0.6) is 0 Å². The number of benzene rings is 1. The lowest BCUT2D eigenvalue weighted by atomic mass is 9.98. The van der Waals surface area contributed by atoms with Gasteiger partial charge in [0.25, 0.3) is 0 Å². The molecule has 0 bridgehead atoms. The predicted molar refractivity (Wildman–Crippen MR) is 75.2 cm³/mol. The fraction of sp³-hybridized carbons (Fsp3) is 0.500. The van der Waals surface area contributed by atoms with E-state index in [0.717, 1.165) is 12.1 Å². The third-order valence-electron chi connectivity index (χ3n) is 3.23. The molecule has 0 saturated heterocycles. The molecule has 0 aliphatic carbocycles. The molecule has 1 atom stereocenters. The smallest absolute Gasteiger partial charge is 0.239 e. The Morgan fingerprint density at radius 2 is 2.32 bits per heavy atom. The summed E-state index contributed by atoms with van der Waals surface area (Å²) in [7, 11) is 1.62. The Morgan fingerprint density at radius 3 is 3.11 bits per heavy atom. The summed E-state index contributed by atoms with van der Waals surface area (Å²) in [5.41, 5.74) is 8.37. The Labute approximate surface area is 113 Å². The maximum atomic E-state index is 11.9. The van der Waals surface area contributed by atoms with E-state index >= 15 is 0 Å². The average molecular weight is 263 g/mol. The summed E-state index contributed by atoms with van der Waals surface area (Å²) in [5.74, 6) is 0.000882. The first kappa shape index (κ1) is 13.8. The van der Waals surface area contributed by atoms with Crippen LogP contribution in [0.2, 0.25) is 0 Å². The molecule has 0 spiro atoms. The highest BCUT2D eigenvalue weighted by Crippen LogP contribution is 2.25. The molecule has 1 amide bonds. The lowest BCUT2D eigenvalue weighted by Crippen LogP contribution is -2.47. The van der Waals surface area contributed by atoms with Gasteiger partial charge in [-0.1, -0.05) is 18.2 Å². The Kier molecular flexibility index (Phi) is 4.76. The van der Waals surface area contributed by atoms with Crippen molar-refractivity contribution < 1.29 is 9.53 Å². The summed E-state index contributed by atoms with van der Waals surface area (Å²) >= 11 is 0. The summed E-state index contributed by atoms with van der Waals surface area (Å²) in [6.45, 7) is 2.13. The number of carbonyl (C=O) groups is 1. The maximum absolute atomic E-state index is 11.9. The van der Waals surface area contributed by atoms with E-state index in [4.69, 9.17) is 10.5 Å². The van der Waals surface area contributed by atoms with Gasteiger partial charge in [-0.15, -0.1) is 0 Å². The average Bonchev–Trinajstić information content (AvgIpc) is 2.39. The van der Waals surface area contributed by atoms with Gasteiger partial charge in [0.1, 0.15) is 0 Å². The van der Waals surface area contributed by atoms with Gasteiger partial charge in [-0.2, -0.15) is 0 Å². The monoisotopic (exact) mass is 263 g/mol. The van der Waals surface area contributed by atoms with E-state index in [1.807, 2.05) is 23.1 Å². The van der Waals surface area contributed by atoms with E-state index in [-0.39, 0.29) is 11.9 Å². The molecule has 1 aromatic rings. The third-order valence-corrected chi connectivity index (χ3v) is 3.23. The van der Waals surface area contributed by atoms with Crippen molar-refractivity contribution in [1.82, 2.24) is 5.32 Å². The minimum atomic E-state index is 0.000882. The van der Waals surface area contributed by atoms with E-state index in [2.05, 4.69) is 11.4 Å². The molecule has 5 heteroatoms. The van der Waals surface area contributed by atoms with Crippen LogP contribution in [0.25, 0.3) is 0 Å². The molecule has 3 N–H and O–H groups in total. The zero-order valence-corrected chi connectivity index (χ0v) is 11.3. The SMILES string of the molecule is COCCNC(=O)CN1CC(N)Cc2ccccc21. The summed E-state index contributed by atoms with van der Waals surface area (Å²) in [6, 6.07) is 8.20. The number of hydrogen-bond acceptors (Lipinski definition) is 4. The number of methoxy groups -OCH3 is 1. The second kappa shape index (κ2) is 6.54. The number of rotatable bonds is 5. The third kappa shape index (κ3) is 3.68. The van der Waals surface area contributed by atoms with Gasteiger partial charge < -0.3 is 20.7 Å². The molecule has 104 valence electrons. The van der Waals surface area contributed by atoms with E-state index in [1.54, 1.807) is 7.11 Å². The lowest BCUT2D eigenvalue weighted by Gasteiger charge is -2.34. The van der Waals surface area contributed by atoms with Gasteiger partial charge >= 0.3 is 0 Å². The summed E-state index contributed by atoms with van der Waals surface area (Å²) < 4.78 is 4.91. The molecule has 1 aromatic carbocycles. The van der Waals surface area contributed by atoms with Crippen molar-refractivity contribution >= 4 is 11.6 Å². The van der Waals surface area contributed by atoms with E-state index in [0.29, 0.717) is 26.2 Å². The fourth-order valence-electron chi connectivity index (χ4n) is 2.39. The van der Waals surface area contributed by atoms with Gasteiger partial charge in [0.15, 0.2) is 0 Å². The van der Waals surface area contributed by atoms with Gasteiger partial charge in [0, 0.05) is 31.9 Å². The van der Waals surface area contributed by atoms with Gasteiger partial charge in [-0.05, 0) is 18.1 Å². The normalized spacial score (nSPS) is 18.0. The number of ether oxygens (including phenoxy) is 1. The molecule has 0 saturated carbocycles. The fourth-order valence-corrected chi connectivity index (χ4v) is 2.39.